The van der Waals surface area contributed by atoms with Gasteiger partial charge in [0.25, 0.3) is 0 Å². The maximum atomic E-state index is 10.6. The minimum absolute atomic E-state index is 0.463. The third-order valence-corrected chi connectivity index (χ3v) is 5.91. The Bertz CT molecular complexity index is 308. The number of carboxylic acid groups (broad SMARTS) is 2. The van der Waals surface area contributed by atoms with Gasteiger partial charge in [0.05, 0.1) is 0 Å². The van der Waals surface area contributed by atoms with Crippen LogP contribution in [0.25, 0.3) is 0 Å². The van der Waals surface area contributed by atoms with Crippen LogP contribution in [0, 0.1) is 0 Å². The van der Waals surface area contributed by atoms with E-state index < -0.39 is 28.0 Å². The molecule has 0 radical (unpaired) electrons. The van der Waals surface area contributed by atoms with Gasteiger partial charge in [-0.3, -0.25) is 0 Å². The van der Waals surface area contributed by atoms with Crippen molar-refractivity contribution < 1.29 is 19.8 Å². The van der Waals surface area contributed by atoms with E-state index in [-0.39, 0.29) is 0 Å². The van der Waals surface area contributed by atoms with Gasteiger partial charge in [0, 0.05) is 0 Å². The van der Waals surface area contributed by atoms with Crippen molar-refractivity contribution in [3.63, 3.8) is 0 Å². The summed E-state index contributed by atoms with van der Waals surface area (Å²) in [6, 6.07) is 8.15. The van der Waals surface area contributed by atoms with E-state index in [2.05, 4.69) is 0 Å². The van der Waals surface area contributed by atoms with Crippen LogP contribution in [-0.4, -0.2) is 38.3 Å². The average Bonchev–Trinajstić information content (AvgIpc) is 2.04. The fourth-order valence-corrected chi connectivity index (χ4v) is 3.95. The van der Waals surface area contributed by atoms with Crippen molar-refractivity contribution in [1.82, 2.24) is 0 Å². The molecule has 0 aromatic heterocycles. The van der Waals surface area contributed by atoms with Crippen molar-refractivity contribution in [2.45, 2.75) is 0 Å². The zero-order valence-electron chi connectivity index (χ0n) is 6.54. The molecule has 0 fully saturated rings. The van der Waals surface area contributed by atoms with Gasteiger partial charge >= 0.3 is 81.7 Å². The van der Waals surface area contributed by atoms with Gasteiger partial charge in [0.15, 0.2) is 0 Å². The molecule has 0 saturated carbocycles. The van der Waals surface area contributed by atoms with Gasteiger partial charge in [-0.05, 0) is 0 Å². The Labute approximate surface area is 81.8 Å². The van der Waals surface area contributed by atoms with Crippen LogP contribution >= 0.6 is 0 Å². The molecule has 5 heteroatoms. The molecule has 0 unspecified atom stereocenters. The summed E-state index contributed by atoms with van der Waals surface area (Å²) in [5.41, 5.74) is 0. The molecule has 0 bridgehead atoms. The fraction of sp³-hybridized carbons (Fsp3) is 0. The predicted molar refractivity (Wildman–Crippen MR) is 47.9 cm³/mol. The van der Waals surface area contributed by atoms with E-state index in [1.807, 2.05) is 0 Å². The molecule has 0 spiro atoms. The van der Waals surface area contributed by atoms with E-state index in [4.69, 9.17) is 10.2 Å². The summed E-state index contributed by atoms with van der Waals surface area (Å²) in [7, 11) is 0. The zero-order valence-corrected chi connectivity index (χ0v) is 9.10. The standard InChI is InChI=1S/C6H5.2CHO2.Sb/c1-2-4-6-5-3-1;2*2-1-3;/h1-5H;2*(H,2,3);. The van der Waals surface area contributed by atoms with E-state index in [0.717, 1.165) is 0 Å². The van der Waals surface area contributed by atoms with E-state index in [9.17, 15) is 9.59 Å². The number of hydrogen-bond donors (Lipinski definition) is 2. The molecule has 13 heavy (non-hydrogen) atoms. The first kappa shape index (κ1) is 10.1. The normalized spacial score (nSPS) is 9.92. The van der Waals surface area contributed by atoms with E-state index in [1.54, 1.807) is 30.3 Å². The van der Waals surface area contributed by atoms with Gasteiger partial charge in [0.1, 0.15) is 0 Å². The summed E-state index contributed by atoms with van der Waals surface area (Å²) in [6.07, 6.45) is 0. The number of benzene rings is 1. The second-order valence-electron chi connectivity index (χ2n) is 2.24. The molecule has 0 aliphatic rings. The number of rotatable bonds is 3. The molecule has 4 nitrogen and oxygen atoms in total. The van der Waals surface area contributed by atoms with Gasteiger partial charge in [-0.15, -0.1) is 0 Å². The summed E-state index contributed by atoms with van der Waals surface area (Å²) in [4.78, 5) is 21.3. The first-order valence-electron chi connectivity index (χ1n) is 3.44. The minimum atomic E-state index is -3.36. The topological polar surface area (TPSA) is 74.6 Å². The SMILES string of the molecule is O=[C](O)[Sb]([C](=O)O)[c]1ccccc1. The summed E-state index contributed by atoms with van der Waals surface area (Å²) in [6.45, 7) is 0. The van der Waals surface area contributed by atoms with Gasteiger partial charge in [0.2, 0.25) is 0 Å². The Morgan fingerprint density at radius 1 is 1.00 bits per heavy atom. The van der Waals surface area contributed by atoms with Crippen LogP contribution in [-0.2, 0) is 0 Å². The summed E-state index contributed by atoms with van der Waals surface area (Å²) in [5, 5.41) is 17.4. The first-order chi connectivity index (χ1) is 6.13. The van der Waals surface area contributed by atoms with Crippen LogP contribution in [0.4, 0.5) is 9.59 Å². The van der Waals surface area contributed by atoms with E-state index in [1.165, 1.54) is 0 Å². The molecular formula is C8H7O4Sb. The van der Waals surface area contributed by atoms with Crippen molar-refractivity contribution in [2.75, 3.05) is 0 Å². The van der Waals surface area contributed by atoms with Gasteiger partial charge in [-0.25, -0.2) is 0 Å². The van der Waals surface area contributed by atoms with Gasteiger partial charge < -0.3 is 0 Å². The molecule has 1 aromatic carbocycles. The van der Waals surface area contributed by atoms with Crippen LogP contribution in [0.15, 0.2) is 30.3 Å². The van der Waals surface area contributed by atoms with Crippen molar-refractivity contribution in [3.05, 3.63) is 30.3 Å². The number of carbonyl (C=O) groups is 2. The van der Waals surface area contributed by atoms with Crippen LogP contribution in [0.2, 0.25) is 0 Å². The molecule has 2 N–H and O–H groups in total. The van der Waals surface area contributed by atoms with Crippen LogP contribution in [0.5, 0.6) is 0 Å². The molecule has 0 aliphatic heterocycles. The maximum absolute atomic E-state index is 10.6. The Morgan fingerprint density at radius 3 is 1.85 bits per heavy atom. The molecule has 0 saturated heterocycles. The van der Waals surface area contributed by atoms with Crippen molar-refractivity contribution >= 4 is 31.6 Å². The monoisotopic (exact) mass is 288 g/mol. The predicted octanol–water partition coefficient (Wildman–Crippen LogP) is 0.908. The molecule has 1 aromatic rings. The third-order valence-electron chi connectivity index (χ3n) is 1.40. The third kappa shape index (κ3) is 2.46. The zero-order chi connectivity index (χ0) is 9.84. The average molecular weight is 289 g/mol. The van der Waals surface area contributed by atoms with Gasteiger partial charge in [-0.2, -0.15) is 0 Å². The molecule has 0 aliphatic carbocycles. The Balaban J connectivity index is 3.03. The van der Waals surface area contributed by atoms with E-state index >= 15 is 0 Å². The van der Waals surface area contributed by atoms with Crippen LogP contribution in [0.3, 0.4) is 0 Å². The molecule has 0 heterocycles. The summed E-state index contributed by atoms with van der Waals surface area (Å²) in [5.74, 6) is 0. The molecule has 0 atom stereocenters. The Kier molecular flexibility index (Phi) is 3.31. The van der Waals surface area contributed by atoms with Crippen LogP contribution in [0.1, 0.15) is 0 Å². The van der Waals surface area contributed by atoms with Crippen molar-refractivity contribution in [2.24, 2.45) is 0 Å². The van der Waals surface area contributed by atoms with Crippen molar-refractivity contribution in [1.29, 1.82) is 0 Å². The molecule has 1 rings (SSSR count). The van der Waals surface area contributed by atoms with Crippen molar-refractivity contribution in [3.8, 4) is 0 Å². The Hall–Kier alpha value is -1.02. The second kappa shape index (κ2) is 4.28. The second-order valence-corrected chi connectivity index (χ2v) is 7.81. The summed E-state index contributed by atoms with van der Waals surface area (Å²) >= 11 is -3.36. The Morgan fingerprint density at radius 2 is 1.46 bits per heavy atom. The van der Waals surface area contributed by atoms with Gasteiger partial charge in [-0.1, -0.05) is 0 Å². The van der Waals surface area contributed by atoms with Crippen LogP contribution < -0.4 is 3.51 Å². The van der Waals surface area contributed by atoms with E-state index in [0.29, 0.717) is 3.51 Å². The summed E-state index contributed by atoms with van der Waals surface area (Å²) < 4.78 is -1.87. The molecule has 68 valence electrons. The first-order valence-corrected chi connectivity index (χ1v) is 7.27. The number of hydrogen-bond acceptors (Lipinski definition) is 2. The molecule has 0 amide bonds. The molecular weight excluding hydrogens is 282 g/mol. The quantitative estimate of drug-likeness (QED) is 0.811. The fourth-order valence-electron chi connectivity index (χ4n) is 0.880.